The predicted octanol–water partition coefficient (Wildman–Crippen LogP) is 4.61. The number of aryl methyl sites for hydroxylation is 1. The van der Waals surface area contributed by atoms with E-state index in [4.69, 9.17) is 11.6 Å². The van der Waals surface area contributed by atoms with E-state index in [1.165, 1.54) is 37.6 Å². The molecule has 0 spiro atoms. The standard InChI is InChI=1S/C22H21ClN4O3S2/c1-14-18-12-20(31-22(18)27(25-14)13-15-6-4-5-7-19(15)23)21(28)24-16-8-10-17(11-9-16)32(29,30)26(2)3/h4-12H,13H2,1-3H3,(H,24,28). The topological polar surface area (TPSA) is 84.3 Å². The fraction of sp³-hybridized carbons (Fsp3) is 0.182. The molecule has 0 aliphatic carbocycles. The number of benzene rings is 2. The summed E-state index contributed by atoms with van der Waals surface area (Å²) in [6.45, 7) is 2.41. The molecule has 2 aromatic carbocycles. The number of hydrogen-bond donors (Lipinski definition) is 1. The summed E-state index contributed by atoms with van der Waals surface area (Å²) in [5, 5.41) is 9.01. The van der Waals surface area contributed by atoms with Crippen molar-refractivity contribution in [1.82, 2.24) is 14.1 Å². The molecule has 0 aliphatic heterocycles. The molecule has 0 fully saturated rings. The molecular weight excluding hydrogens is 468 g/mol. The summed E-state index contributed by atoms with van der Waals surface area (Å²) in [6.07, 6.45) is 0. The van der Waals surface area contributed by atoms with E-state index in [0.29, 0.717) is 22.1 Å². The van der Waals surface area contributed by atoms with Gasteiger partial charge < -0.3 is 5.32 Å². The fourth-order valence-corrected chi connectivity index (χ4v) is 5.39. The van der Waals surface area contributed by atoms with Crippen LogP contribution in [0.2, 0.25) is 5.02 Å². The molecule has 0 atom stereocenters. The van der Waals surface area contributed by atoms with Gasteiger partial charge >= 0.3 is 0 Å². The first-order chi connectivity index (χ1) is 15.2. The third-order valence-electron chi connectivity index (χ3n) is 5.00. The Labute approximate surface area is 195 Å². The van der Waals surface area contributed by atoms with Crippen molar-refractivity contribution in [2.45, 2.75) is 18.4 Å². The molecule has 4 aromatic rings. The van der Waals surface area contributed by atoms with Crippen molar-refractivity contribution >= 4 is 54.8 Å². The lowest BCUT2D eigenvalue weighted by Crippen LogP contribution is -2.22. The van der Waals surface area contributed by atoms with Gasteiger partial charge in [-0.05, 0) is 48.9 Å². The Morgan fingerprint density at radius 2 is 1.84 bits per heavy atom. The van der Waals surface area contributed by atoms with Crippen LogP contribution in [-0.4, -0.2) is 42.5 Å². The van der Waals surface area contributed by atoms with Gasteiger partial charge in [0, 0.05) is 30.2 Å². The summed E-state index contributed by atoms with van der Waals surface area (Å²) in [6, 6.07) is 15.5. The molecule has 4 rings (SSSR count). The predicted molar refractivity (Wildman–Crippen MR) is 128 cm³/mol. The highest BCUT2D eigenvalue weighted by molar-refractivity contribution is 7.89. The van der Waals surface area contributed by atoms with Crippen LogP contribution in [0.1, 0.15) is 20.9 Å². The van der Waals surface area contributed by atoms with Gasteiger partial charge in [-0.3, -0.25) is 9.48 Å². The van der Waals surface area contributed by atoms with E-state index < -0.39 is 10.0 Å². The molecule has 2 aromatic heterocycles. The second-order valence-corrected chi connectivity index (χ2v) is 11.0. The smallest absolute Gasteiger partial charge is 0.265 e. The van der Waals surface area contributed by atoms with Crippen molar-refractivity contribution in [3.63, 3.8) is 0 Å². The number of anilines is 1. The lowest BCUT2D eigenvalue weighted by molar-refractivity contribution is 0.103. The highest BCUT2D eigenvalue weighted by Crippen LogP contribution is 2.30. The van der Waals surface area contributed by atoms with Crippen LogP contribution < -0.4 is 5.32 Å². The monoisotopic (exact) mass is 488 g/mol. The number of carbonyl (C=O) groups is 1. The summed E-state index contributed by atoms with van der Waals surface area (Å²) >= 11 is 7.64. The van der Waals surface area contributed by atoms with E-state index in [1.807, 2.05) is 41.9 Å². The number of carbonyl (C=O) groups excluding carboxylic acids is 1. The molecule has 0 radical (unpaired) electrons. The van der Waals surface area contributed by atoms with Crippen LogP contribution in [0.3, 0.4) is 0 Å². The maximum absolute atomic E-state index is 12.8. The Balaban J connectivity index is 1.56. The minimum absolute atomic E-state index is 0.164. The Morgan fingerprint density at radius 3 is 2.50 bits per heavy atom. The lowest BCUT2D eigenvalue weighted by atomic mass is 10.2. The van der Waals surface area contributed by atoms with Crippen molar-refractivity contribution in [2.24, 2.45) is 0 Å². The molecule has 1 amide bonds. The van der Waals surface area contributed by atoms with Crippen LogP contribution in [0, 0.1) is 6.92 Å². The van der Waals surface area contributed by atoms with Crippen LogP contribution in [0.25, 0.3) is 10.2 Å². The van der Waals surface area contributed by atoms with Gasteiger partial charge in [-0.2, -0.15) is 5.10 Å². The summed E-state index contributed by atoms with van der Waals surface area (Å²) in [7, 11) is -0.572. The number of sulfonamides is 1. The van der Waals surface area contributed by atoms with E-state index in [1.54, 1.807) is 12.1 Å². The molecule has 1 N–H and O–H groups in total. The summed E-state index contributed by atoms with van der Waals surface area (Å²) in [5.41, 5.74) is 2.30. The Kier molecular flexibility index (Phi) is 6.09. The van der Waals surface area contributed by atoms with Crippen LogP contribution in [-0.2, 0) is 16.6 Å². The van der Waals surface area contributed by atoms with Gasteiger partial charge in [0.2, 0.25) is 10.0 Å². The van der Waals surface area contributed by atoms with Gasteiger partial charge in [0.15, 0.2) is 0 Å². The number of fused-ring (bicyclic) bond motifs is 1. The first-order valence-corrected chi connectivity index (χ1v) is 12.3. The highest BCUT2D eigenvalue weighted by Gasteiger charge is 2.19. The number of amides is 1. The number of hydrogen-bond acceptors (Lipinski definition) is 5. The van der Waals surface area contributed by atoms with Crippen LogP contribution in [0.4, 0.5) is 5.69 Å². The van der Waals surface area contributed by atoms with E-state index in [2.05, 4.69) is 10.4 Å². The zero-order valence-electron chi connectivity index (χ0n) is 17.7. The number of aromatic nitrogens is 2. The summed E-state index contributed by atoms with van der Waals surface area (Å²) in [5.74, 6) is -0.266. The minimum atomic E-state index is -3.52. The average Bonchev–Trinajstić information content (AvgIpc) is 3.31. The molecule has 0 saturated heterocycles. The van der Waals surface area contributed by atoms with Gasteiger partial charge in [-0.1, -0.05) is 29.8 Å². The summed E-state index contributed by atoms with van der Waals surface area (Å²) in [4.78, 5) is 14.4. The third-order valence-corrected chi connectivity index (χ3v) is 8.35. The molecule has 0 aliphatic rings. The second-order valence-electron chi connectivity index (χ2n) is 7.43. The average molecular weight is 489 g/mol. The number of nitrogens with one attached hydrogen (secondary N) is 1. The maximum Gasteiger partial charge on any atom is 0.265 e. The van der Waals surface area contributed by atoms with Gasteiger partial charge in [0.05, 0.1) is 22.0 Å². The van der Waals surface area contributed by atoms with Gasteiger partial charge in [-0.25, -0.2) is 12.7 Å². The quantitative estimate of drug-likeness (QED) is 0.429. The number of halogens is 1. The molecule has 7 nitrogen and oxygen atoms in total. The van der Waals surface area contributed by atoms with E-state index in [9.17, 15) is 13.2 Å². The Bertz CT molecular complexity index is 1410. The first kappa shape index (κ1) is 22.5. The maximum atomic E-state index is 12.8. The molecule has 2 heterocycles. The normalized spacial score (nSPS) is 11.9. The van der Waals surface area contributed by atoms with Crippen LogP contribution >= 0.6 is 22.9 Å². The highest BCUT2D eigenvalue weighted by atomic mass is 35.5. The minimum Gasteiger partial charge on any atom is -0.321 e. The van der Waals surface area contributed by atoms with Gasteiger partial charge in [0.1, 0.15) is 4.83 Å². The van der Waals surface area contributed by atoms with Gasteiger partial charge in [-0.15, -0.1) is 11.3 Å². The van der Waals surface area contributed by atoms with Crippen molar-refractivity contribution in [3.05, 3.63) is 75.8 Å². The van der Waals surface area contributed by atoms with Crippen molar-refractivity contribution in [2.75, 3.05) is 19.4 Å². The number of rotatable bonds is 6. The van der Waals surface area contributed by atoms with Crippen molar-refractivity contribution < 1.29 is 13.2 Å². The summed E-state index contributed by atoms with van der Waals surface area (Å²) < 4.78 is 27.4. The molecule has 0 bridgehead atoms. The van der Waals surface area contributed by atoms with Crippen molar-refractivity contribution in [1.29, 1.82) is 0 Å². The number of nitrogens with zero attached hydrogens (tertiary/aromatic N) is 3. The third kappa shape index (κ3) is 4.29. The molecule has 0 unspecified atom stereocenters. The first-order valence-electron chi connectivity index (χ1n) is 9.71. The van der Waals surface area contributed by atoms with E-state index in [0.717, 1.165) is 25.8 Å². The van der Waals surface area contributed by atoms with Crippen LogP contribution in [0.15, 0.2) is 59.5 Å². The molecule has 32 heavy (non-hydrogen) atoms. The largest absolute Gasteiger partial charge is 0.321 e. The van der Waals surface area contributed by atoms with Crippen LogP contribution in [0.5, 0.6) is 0 Å². The lowest BCUT2D eigenvalue weighted by Gasteiger charge is -2.11. The molecule has 166 valence electrons. The zero-order valence-corrected chi connectivity index (χ0v) is 20.1. The fourth-order valence-electron chi connectivity index (χ4n) is 3.23. The SMILES string of the molecule is Cc1nn(Cc2ccccc2Cl)c2sc(C(=O)Nc3ccc(S(=O)(=O)N(C)C)cc3)cc12. The number of thiophene rings is 1. The van der Waals surface area contributed by atoms with Crippen molar-refractivity contribution in [3.8, 4) is 0 Å². The van der Waals surface area contributed by atoms with E-state index >= 15 is 0 Å². The molecular formula is C22H21ClN4O3S2. The van der Waals surface area contributed by atoms with E-state index in [-0.39, 0.29) is 10.8 Å². The Hall–Kier alpha value is -2.72. The molecule has 0 saturated carbocycles. The van der Waals surface area contributed by atoms with Gasteiger partial charge in [0.25, 0.3) is 5.91 Å². The Morgan fingerprint density at radius 1 is 1.16 bits per heavy atom. The second kappa shape index (κ2) is 8.67. The molecule has 10 heteroatoms. The zero-order chi connectivity index (χ0) is 23.0.